The van der Waals surface area contributed by atoms with Gasteiger partial charge in [0.15, 0.2) is 0 Å². The number of benzene rings is 1. The topological polar surface area (TPSA) is 49.4 Å². The molecule has 0 bridgehead atoms. The molecule has 0 radical (unpaired) electrons. The zero-order valence-electron chi connectivity index (χ0n) is 11.5. The minimum atomic E-state index is -5.35. The van der Waals surface area contributed by atoms with Gasteiger partial charge < -0.3 is 10.2 Å². The zero-order valence-corrected chi connectivity index (χ0v) is 12.3. The van der Waals surface area contributed by atoms with E-state index in [2.05, 4.69) is 5.32 Å². The van der Waals surface area contributed by atoms with Crippen molar-refractivity contribution < 1.29 is 21.6 Å². The summed E-state index contributed by atoms with van der Waals surface area (Å²) in [6.45, 7) is 3.65. The monoisotopic (exact) mass is 322 g/mol. The molecule has 1 aromatic carbocycles. The Morgan fingerprint density at radius 3 is 2.52 bits per heavy atom. The van der Waals surface area contributed by atoms with Crippen LogP contribution in [0.3, 0.4) is 0 Å². The second kappa shape index (κ2) is 5.84. The molecule has 4 nitrogen and oxygen atoms in total. The molecule has 118 valence electrons. The summed E-state index contributed by atoms with van der Waals surface area (Å²) in [5.41, 5.74) is -5.18. The third kappa shape index (κ3) is 3.01. The Hall–Kier alpha value is -1.28. The van der Waals surface area contributed by atoms with Crippen LogP contribution in [0.2, 0.25) is 0 Å². The predicted octanol–water partition coefficient (Wildman–Crippen LogP) is 2.17. The van der Waals surface area contributed by atoms with Gasteiger partial charge in [-0.15, -0.1) is 0 Å². The molecular weight excluding hydrogens is 305 g/mol. The molecule has 1 aromatic rings. The third-order valence-electron chi connectivity index (χ3n) is 3.58. The largest absolute Gasteiger partial charge is 0.501 e. The molecule has 8 heteroatoms. The van der Waals surface area contributed by atoms with Gasteiger partial charge in [0.25, 0.3) is 9.84 Å². The molecule has 1 saturated heterocycles. The molecule has 0 spiro atoms. The van der Waals surface area contributed by atoms with Gasteiger partial charge in [0.05, 0.1) is 10.6 Å². The van der Waals surface area contributed by atoms with Crippen molar-refractivity contribution in [1.82, 2.24) is 5.32 Å². The lowest BCUT2D eigenvalue weighted by Crippen LogP contribution is -2.38. The number of alkyl halides is 3. The summed E-state index contributed by atoms with van der Waals surface area (Å²) in [5.74, 6) is 0. The molecule has 0 amide bonds. The number of anilines is 1. The minimum absolute atomic E-state index is 0.000385. The maximum absolute atomic E-state index is 12.8. The van der Waals surface area contributed by atoms with Crippen LogP contribution < -0.4 is 10.2 Å². The van der Waals surface area contributed by atoms with Crippen molar-refractivity contribution in [3.05, 3.63) is 24.3 Å². The number of likely N-dealkylation sites (N-methyl/N-ethyl adjacent to an activating group) is 1. The fourth-order valence-electron chi connectivity index (χ4n) is 2.58. The summed E-state index contributed by atoms with van der Waals surface area (Å²) < 4.78 is 62.0. The van der Waals surface area contributed by atoms with Crippen LogP contribution in [0.1, 0.15) is 13.3 Å². The smallest absolute Gasteiger partial charge is 0.366 e. The Bertz CT molecular complexity index is 596. The summed E-state index contributed by atoms with van der Waals surface area (Å²) >= 11 is 0. The highest BCUT2D eigenvalue weighted by Crippen LogP contribution is 2.36. The van der Waals surface area contributed by atoms with Crippen LogP contribution in [-0.4, -0.2) is 39.6 Å². The second-order valence-electron chi connectivity index (χ2n) is 4.85. The first kappa shape index (κ1) is 16.1. The molecule has 21 heavy (non-hydrogen) atoms. The number of hydrogen-bond donors (Lipinski definition) is 1. The highest BCUT2D eigenvalue weighted by atomic mass is 32.2. The maximum atomic E-state index is 12.8. The second-order valence-corrected chi connectivity index (χ2v) is 6.76. The van der Waals surface area contributed by atoms with Gasteiger partial charge in [-0.05, 0) is 32.0 Å². The molecule has 1 aliphatic rings. The summed E-state index contributed by atoms with van der Waals surface area (Å²) in [7, 11) is -5.35. The quantitative estimate of drug-likeness (QED) is 0.923. The Morgan fingerprint density at radius 2 is 2.00 bits per heavy atom. The van der Waals surface area contributed by atoms with E-state index in [1.54, 1.807) is 17.9 Å². The fourth-order valence-corrected chi connectivity index (χ4v) is 3.54. The van der Waals surface area contributed by atoms with E-state index in [9.17, 15) is 21.6 Å². The molecule has 1 unspecified atom stereocenters. The fraction of sp³-hybridized carbons (Fsp3) is 0.538. The van der Waals surface area contributed by atoms with Crippen molar-refractivity contribution in [2.45, 2.75) is 29.8 Å². The van der Waals surface area contributed by atoms with Crippen molar-refractivity contribution >= 4 is 15.5 Å². The van der Waals surface area contributed by atoms with E-state index >= 15 is 0 Å². The number of para-hydroxylation sites is 1. The van der Waals surface area contributed by atoms with Crippen LogP contribution in [0.5, 0.6) is 0 Å². The highest BCUT2D eigenvalue weighted by Gasteiger charge is 2.48. The Kier molecular flexibility index (Phi) is 4.48. The highest BCUT2D eigenvalue weighted by molar-refractivity contribution is 7.92. The van der Waals surface area contributed by atoms with Crippen molar-refractivity contribution in [3.8, 4) is 0 Å². The van der Waals surface area contributed by atoms with Crippen LogP contribution in [0.15, 0.2) is 29.2 Å². The van der Waals surface area contributed by atoms with Crippen LogP contribution in [0.25, 0.3) is 0 Å². The molecule has 1 N–H and O–H groups in total. The Balaban J connectivity index is 2.50. The van der Waals surface area contributed by atoms with Gasteiger partial charge in [-0.3, -0.25) is 0 Å². The molecular formula is C13H17F3N2O2S. The van der Waals surface area contributed by atoms with Gasteiger partial charge >= 0.3 is 5.51 Å². The van der Waals surface area contributed by atoms with E-state index in [0.717, 1.165) is 19.0 Å². The van der Waals surface area contributed by atoms with E-state index in [-0.39, 0.29) is 11.7 Å². The lowest BCUT2D eigenvalue weighted by molar-refractivity contribution is -0.0435. The van der Waals surface area contributed by atoms with Crippen LogP contribution in [0.4, 0.5) is 18.9 Å². The molecule has 1 atom stereocenters. The van der Waals surface area contributed by atoms with E-state index < -0.39 is 20.2 Å². The standard InChI is InChI=1S/C13H17F3N2O2S/c1-2-18(10-7-8-17-9-10)11-5-3-4-6-12(11)21(19,20)13(14,15)16/h3-6,10,17H,2,7-9H2,1H3. The van der Waals surface area contributed by atoms with Gasteiger partial charge in [-0.1, -0.05) is 12.1 Å². The van der Waals surface area contributed by atoms with Crippen LogP contribution in [-0.2, 0) is 9.84 Å². The maximum Gasteiger partial charge on any atom is 0.501 e. The number of hydrogen-bond acceptors (Lipinski definition) is 4. The molecule has 0 aromatic heterocycles. The molecule has 0 aliphatic carbocycles. The van der Waals surface area contributed by atoms with E-state index in [1.165, 1.54) is 12.1 Å². The van der Waals surface area contributed by atoms with E-state index in [1.807, 2.05) is 0 Å². The first-order chi connectivity index (χ1) is 9.79. The van der Waals surface area contributed by atoms with Gasteiger partial charge in [-0.25, -0.2) is 8.42 Å². The van der Waals surface area contributed by atoms with Crippen molar-refractivity contribution in [1.29, 1.82) is 0 Å². The number of nitrogens with one attached hydrogen (secondary N) is 1. The SMILES string of the molecule is CCN(c1ccccc1S(=O)(=O)C(F)(F)F)C1CCNC1. The average Bonchev–Trinajstić information content (AvgIpc) is 2.93. The zero-order chi connectivity index (χ0) is 15.7. The molecule has 2 rings (SSSR count). The molecule has 1 heterocycles. The first-order valence-corrected chi connectivity index (χ1v) is 8.15. The van der Waals surface area contributed by atoms with E-state index in [0.29, 0.717) is 13.1 Å². The lowest BCUT2D eigenvalue weighted by atomic mass is 10.2. The summed E-state index contributed by atoms with van der Waals surface area (Å²) in [4.78, 5) is 1.05. The molecule has 1 aliphatic heterocycles. The number of nitrogens with zero attached hydrogens (tertiary/aromatic N) is 1. The number of sulfone groups is 1. The molecule has 1 fully saturated rings. The van der Waals surface area contributed by atoms with E-state index in [4.69, 9.17) is 0 Å². The third-order valence-corrected chi connectivity index (χ3v) is 5.12. The summed E-state index contributed by atoms with van der Waals surface area (Å²) in [5, 5.41) is 3.13. The van der Waals surface area contributed by atoms with Gasteiger partial charge in [0, 0.05) is 19.1 Å². The number of rotatable bonds is 4. The van der Waals surface area contributed by atoms with Gasteiger partial charge in [0.1, 0.15) is 0 Å². The summed E-state index contributed by atoms with van der Waals surface area (Å²) in [6.07, 6.45) is 0.772. The molecule has 0 saturated carbocycles. The number of halogens is 3. The van der Waals surface area contributed by atoms with Gasteiger partial charge in [-0.2, -0.15) is 13.2 Å². The Labute approximate surface area is 121 Å². The summed E-state index contributed by atoms with van der Waals surface area (Å²) in [6, 6.07) is 5.31. The minimum Gasteiger partial charge on any atom is -0.366 e. The van der Waals surface area contributed by atoms with Crippen molar-refractivity contribution in [2.24, 2.45) is 0 Å². The Morgan fingerprint density at radius 1 is 1.33 bits per heavy atom. The normalized spacial score (nSPS) is 19.7. The lowest BCUT2D eigenvalue weighted by Gasteiger charge is -2.31. The average molecular weight is 322 g/mol. The first-order valence-electron chi connectivity index (χ1n) is 6.66. The van der Waals surface area contributed by atoms with Crippen molar-refractivity contribution in [2.75, 3.05) is 24.5 Å². The van der Waals surface area contributed by atoms with Crippen LogP contribution >= 0.6 is 0 Å². The van der Waals surface area contributed by atoms with Crippen LogP contribution in [0, 0.1) is 0 Å². The van der Waals surface area contributed by atoms with Gasteiger partial charge in [0.2, 0.25) is 0 Å². The van der Waals surface area contributed by atoms with Crippen molar-refractivity contribution in [3.63, 3.8) is 0 Å². The predicted molar refractivity (Wildman–Crippen MR) is 74.0 cm³/mol.